The fourth-order valence-electron chi connectivity index (χ4n) is 4.22. The van der Waals surface area contributed by atoms with E-state index in [1.807, 2.05) is 60.7 Å². The molecule has 35 heavy (non-hydrogen) atoms. The van der Waals surface area contributed by atoms with E-state index in [0.717, 1.165) is 30.8 Å². The van der Waals surface area contributed by atoms with Crippen LogP contribution >= 0.6 is 0 Å². The van der Waals surface area contributed by atoms with Crippen LogP contribution < -0.4 is 10.9 Å². The van der Waals surface area contributed by atoms with Crippen LogP contribution in [0.1, 0.15) is 54.2 Å². The first-order valence-electron chi connectivity index (χ1n) is 12.0. The van der Waals surface area contributed by atoms with Gasteiger partial charge in [-0.15, -0.1) is 0 Å². The number of carbonyl (C=O) groups excluding carboxylic acids is 1. The lowest BCUT2D eigenvalue weighted by molar-refractivity contribution is -0.139. The first kappa shape index (κ1) is 25.9. The molecule has 1 aromatic heterocycles. The van der Waals surface area contributed by atoms with Gasteiger partial charge in [-0.1, -0.05) is 74.5 Å². The maximum absolute atomic E-state index is 13.5. The van der Waals surface area contributed by atoms with Crippen LogP contribution in [0.25, 0.3) is 0 Å². The zero-order chi connectivity index (χ0) is 25.2. The highest BCUT2D eigenvalue weighted by molar-refractivity contribution is 5.96. The molecule has 0 spiro atoms. The average Bonchev–Trinajstić information content (AvgIpc) is 2.88. The van der Waals surface area contributed by atoms with Gasteiger partial charge in [0.2, 0.25) is 0 Å². The summed E-state index contributed by atoms with van der Waals surface area (Å²) >= 11 is 0. The first-order valence-corrected chi connectivity index (χ1v) is 12.0. The van der Waals surface area contributed by atoms with Gasteiger partial charge in [-0.3, -0.25) is 9.59 Å². The summed E-state index contributed by atoms with van der Waals surface area (Å²) in [6.45, 7) is 6.63. The summed E-state index contributed by atoms with van der Waals surface area (Å²) in [4.78, 5) is 40.5. The van der Waals surface area contributed by atoms with Crippen molar-refractivity contribution >= 4 is 11.9 Å². The molecule has 0 saturated heterocycles. The molecule has 184 valence electrons. The Bertz CT molecular complexity index is 1120. The summed E-state index contributed by atoms with van der Waals surface area (Å²) < 4.78 is 1.52. The molecule has 0 radical (unpaired) electrons. The number of benzene rings is 2. The summed E-state index contributed by atoms with van der Waals surface area (Å²) in [5.41, 5.74) is 1.24. The lowest BCUT2D eigenvalue weighted by atomic mass is 9.98. The van der Waals surface area contributed by atoms with E-state index in [9.17, 15) is 19.5 Å². The van der Waals surface area contributed by atoms with Crippen molar-refractivity contribution in [2.45, 2.75) is 38.8 Å². The second-order valence-electron chi connectivity index (χ2n) is 8.39. The van der Waals surface area contributed by atoms with E-state index in [2.05, 4.69) is 24.1 Å². The van der Waals surface area contributed by atoms with E-state index >= 15 is 0 Å². The Labute approximate surface area is 206 Å². The Hall–Kier alpha value is -3.71. The average molecular weight is 476 g/mol. The van der Waals surface area contributed by atoms with Gasteiger partial charge in [0.15, 0.2) is 0 Å². The van der Waals surface area contributed by atoms with Gasteiger partial charge in [-0.25, -0.2) is 4.79 Å². The molecule has 1 heterocycles. The van der Waals surface area contributed by atoms with E-state index in [1.54, 1.807) is 12.3 Å². The highest BCUT2D eigenvalue weighted by Crippen LogP contribution is 2.25. The molecule has 0 saturated carbocycles. The fourth-order valence-corrected chi connectivity index (χ4v) is 4.22. The number of nitrogens with one attached hydrogen (secondary N) is 1. The second kappa shape index (κ2) is 12.7. The van der Waals surface area contributed by atoms with E-state index in [0.29, 0.717) is 6.42 Å². The third kappa shape index (κ3) is 6.67. The smallest absolute Gasteiger partial charge is 0.326 e. The van der Waals surface area contributed by atoms with Crippen molar-refractivity contribution in [3.05, 3.63) is 106 Å². The number of rotatable bonds is 12. The van der Waals surface area contributed by atoms with Gasteiger partial charge in [0.25, 0.3) is 11.5 Å². The van der Waals surface area contributed by atoms with Crippen LogP contribution in [0.2, 0.25) is 0 Å². The Morgan fingerprint density at radius 1 is 0.914 bits per heavy atom. The predicted octanol–water partition coefficient (Wildman–Crippen LogP) is 3.79. The van der Waals surface area contributed by atoms with Crippen molar-refractivity contribution in [1.29, 1.82) is 0 Å². The zero-order valence-corrected chi connectivity index (χ0v) is 20.3. The number of amides is 1. The van der Waals surface area contributed by atoms with Crippen LogP contribution in [0.5, 0.6) is 0 Å². The van der Waals surface area contributed by atoms with Gasteiger partial charge in [0.05, 0.1) is 6.04 Å². The lowest BCUT2D eigenvalue weighted by Gasteiger charge is -2.22. The number of carbonyl (C=O) groups is 2. The maximum atomic E-state index is 13.5. The number of carboxylic acids is 1. The highest BCUT2D eigenvalue weighted by Gasteiger charge is 2.24. The van der Waals surface area contributed by atoms with Crippen LogP contribution in [0.4, 0.5) is 0 Å². The molecule has 0 aliphatic heterocycles. The van der Waals surface area contributed by atoms with Gasteiger partial charge >= 0.3 is 5.97 Å². The molecule has 0 unspecified atom stereocenters. The Balaban J connectivity index is 1.87. The molecular formula is C28H33N3O4. The largest absolute Gasteiger partial charge is 0.480 e. The van der Waals surface area contributed by atoms with E-state index in [4.69, 9.17) is 0 Å². The molecular weight excluding hydrogens is 442 g/mol. The quantitative estimate of drug-likeness (QED) is 0.416. The minimum Gasteiger partial charge on any atom is -0.480 e. The molecule has 1 amide bonds. The molecule has 3 rings (SSSR count). The molecule has 0 bridgehead atoms. The third-order valence-corrected chi connectivity index (χ3v) is 6.19. The predicted molar refractivity (Wildman–Crippen MR) is 137 cm³/mol. The summed E-state index contributed by atoms with van der Waals surface area (Å²) in [6.07, 6.45) is 2.57. The lowest BCUT2D eigenvalue weighted by Crippen LogP contribution is -2.44. The van der Waals surface area contributed by atoms with Crippen molar-refractivity contribution in [3.63, 3.8) is 0 Å². The van der Waals surface area contributed by atoms with Gasteiger partial charge < -0.3 is 19.9 Å². The van der Waals surface area contributed by atoms with Gasteiger partial charge in [-0.05, 0) is 55.7 Å². The molecule has 0 aliphatic rings. The van der Waals surface area contributed by atoms with E-state index < -0.39 is 29.5 Å². The van der Waals surface area contributed by atoms with Crippen molar-refractivity contribution in [3.8, 4) is 0 Å². The van der Waals surface area contributed by atoms with Crippen molar-refractivity contribution in [2.75, 3.05) is 19.6 Å². The molecule has 0 aliphatic carbocycles. The van der Waals surface area contributed by atoms with Crippen molar-refractivity contribution < 1.29 is 14.7 Å². The van der Waals surface area contributed by atoms with Crippen LogP contribution in [0, 0.1) is 0 Å². The Kier molecular flexibility index (Phi) is 9.38. The topological polar surface area (TPSA) is 91.6 Å². The normalized spacial score (nSPS) is 12.0. The number of carboxylic acid groups (broad SMARTS) is 1. The van der Waals surface area contributed by atoms with Gasteiger partial charge in [0.1, 0.15) is 11.6 Å². The molecule has 2 N–H and O–H groups in total. The monoisotopic (exact) mass is 475 g/mol. The molecule has 7 heteroatoms. The van der Waals surface area contributed by atoms with Crippen LogP contribution in [0.15, 0.2) is 83.8 Å². The van der Waals surface area contributed by atoms with Gasteiger partial charge in [-0.2, -0.15) is 0 Å². The number of nitrogens with zero attached hydrogens (tertiary/aromatic N) is 2. The summed E-state index contributed by atoms with van der Waals surface area (Å²) in [5, 5.41) is 12.2. The summed E-state index contributed by atoms with van der Waals surface area (Å²) in [6, 6.07) is 20.8. The standard InChI is InChI=1S/C28H33N3O4/c1-3-30(4-2)19-12-18-24(28(34)35)29-26(32)23-17-11-20-31(27(23)33)25(21-13-7-5-8-14-21)22-15-9-6-10-16-22/h5-11,13-17,20,24-25H,3-4,12,18-19H2,1-2H3,(H,29,32)(H,34,35)/t24-/m0/s1. The minimum atomic E-state index is -1.11. The second-order valence-corrected chi connectivity index (χ2v) is 8.39. The highest BCUT2D eigenvalue weighted by atomic mass is 16.4. The fraction of sp³-hybridized carbons (Fsp3) is 0.321. The van der Waals surface area contributed by atoms with Crippen LogP contribution in [0.3, 0.4) is 0 Å². The summed E-state index contributed by atoms with van der Waals surface area (Å²) in [7, 11) is 0. The molecule has 1 atom stereocenters. The third-order valence-electron chi connectivity index (χ3n) is 6.19. The first-order chi connectivity index (χ1) is 17.0. The molecule has 7 nitrogen and oxygen atoms in total. The number of hydrogen-bond donors (Lipinski definition) is 2. The van der Waals surface area contributed by atoms with Crippen molar-refractivity contribution in [1.82, 2.24) is 14.8 Å². The van der Waals surface area contributed by atoms with E-state index in [1.165, 1.54) is 10.6 Å². The van der Waals surface area contributed by atoms with Crippen LogP contribution in [-0.4, -0.2) is 52.1 Å². The maximum Gasteiger partial charge on any atom is 0.326 e. The molecule has 3 aromatic rings. The van der Waals surface area contributed by atoms with Crippen LogP contribution in [-0.2, 0) is 4.79 Å². The summed E-state index contributed by atoms with van der Waals surface area (Å²) in [5.74, 6) is -1.79. The number of aromatic nitrogens is 1. The Morgan fingerprint density at radius 2 is 1.49 bits per heavy atom. The van der Waals surface area contributed by atoms with E-state index in [-0.39, 0.29) is 12.0 Å². The zero-order valence-electron chi connectivity index (χ0n) is 20.3. The van der Waals surface area contributed by atoms with Crippen molar-refractivity contribution in [2.24, 2.45) is 0 Å². The SMILES string of the molecule is CCN(CC)CCC[C@H](NC(=O)c1cccn(C(c2ccccc2)c2ccccc2)c1=O)C(=O)O. The minimum absolute atomic E-state index is 0.0839. The number of aliphatic carboxylic acids is 1. The molecule has 0 fully saturated rings. The Morgan fingerprint density at radius 3 is 2.00 bits per heavy atom. The van der Waals surface area contributed by atoms with Gasteiger partial charge in [0, 0.05) is 6.20 Å². The number of hydrogen-bond acceptors (Lipinski definition) is 4. The molecule has 2 aromatic carbocycles. The number of pyridine rings is 1.